The first-order valence-corrected chi connectivity index (χ1v) is 9.65. The van der Waals surface area contributed by atoms with E-state index in [-0.39, 0.29) is 11.8 Å². The van der Waals surface area contributed by atoms with E-state index in [9.17, 15) is 9.59 Å². The van der Waals surface area contributed by atoms with Crippen LogP contribution in [0, 0.1) is 0 Å². The molecule has 5 rings (SSSR count). The number of pyridine rings is 2. The molecule has 1 saturated heterocycles. The van der Waals surface area contributed by atoms with Gasteiger partial charge in [-0.25, -0.2) is 9.97 Å². The monoisotopic (exact) mass is 388 g/mol. The number of amides is 2. The lowest BCUT2D eigenvalue weighted by Crippen LogP contribution is -2.37. The molecule has 146 valence electrons. The van der Waals surface area contributed by atoms with Crippen LogP contribution in [-0.2, 0) is 0 Å². The Morgan fingerprint density at radius 3 is 1.62 bits per heavy atom. The van der Waals surface area contributed by atoms with Crippen LogP contribution in [0.25, 0.3) is 11.3 Å². The summed E-state index contributed by atoms with van der Waals surface area (Å²) in [5.41, 5.74) is 2.34. The van der Waals surface area contributed by atoms with Crippen LogP contribution in [0.4, 0.5) is 0 Å². The zero-order valence-corrected chi connectivity index (χ0v) is 15.8. The molecule has 0 radical (unpaired) electrons. The molecular formula is C21H20N6O2. The summed E-state index contributed by atoms with van der Waals surface area (Å²) in [5, 5.41) is 0. The molecule has 0 atom stereocenters. The molecule has 0 bridgehead atoms. The molecule has 0 unspecified atom stereocenters. The minimum atomic E-state index is -0.101. The van der Waals surface area contributed by atoms with Crippen molar-refractivity contribution >= 4 is 23.1 Å². The van der Waals surface area contributed by atoms with Crippen molar-refractivity contribution in [3.8, 4) is 0 Å². The normalized spacial score (nSPS) is 15.0. The summed E-state index contributed by atoms with van der Waals surface area (Å²) < 4.78 is 3.68. The molecule has 1 aliphatic heterocycles. The van der Waals surface area contributed by atoms with E-state index in [2.05, 4.69) is 9.97 Å². The average Bonchev–Trinajstić information content (AvgIpc) is 3.30. The lowest BCUT2D eigenvalue weighted by atomic mass is 10.3. The Balaban J connectivity index is 1.30. The highest BCUT2D eigenvalue weighted by molar-refractivity contribution is 5.94. The van der Waals surface area contributed by atoms with Gasteiger partial charge < -0.3 is 18.6 Å². The Hall–Kier alpha value is -3.68. The first-order chi connectivity index (χ1) is 14.2. The van der Waals surface area contributed by atoms with Gasteiger partial charge in [-0.15, -0.1) is 0 Å². The van der Waals surface area contributed by atoms with Crippen LogP contribution >= 0.6 is 0 Å². The Kier molecular flexibility index (Phi) is 4.23. The largest absolute Gasteiger partial charge is 0.335 e. The average molecular weight is 388 g/mol. The number of fused-ring (bicyclic) bond motifs is 2. The van der Waals surface area contributed by atoms with Crippen molar-refractivity contribution in [1.29, 1.82) is 0 Å². The minimum Gasteiger partial charge on any atom is -0.335 e. The van der Waals surface area contributed by atoms with E-state index < -0.39 is 0 Å². The fourth-order valence-corrected chi connectivity index (χ4v) is 3.72. The number of rotatable bonds is 2. The van der Waals surface area contributed by atoms with Crippen molar-refractivity contribution in [2.24, 2.45) is 0 Å². The minimum absolute atomic E-state index is 0.101. The number of carbonyl (C=O) groups is 2. The second kappa shape index (κ2) is 7.05. The van der Waals surface area contributed by atoms with Crippen LogP contribution in [0.15, 0.2) is 61.2 Å². The van der Waals surface area contributed by atoms with E-state index in [0.29, 0.717) is 37.6 Å². The molecule has 0 saturated carbocycles. The molecule has 1 aliphatic rings. The van der Waals surface area contributed by atoms with Gasteiger partial charge in [0.25, 0.3) is 11.8 Å². The smallest absolute Gasteiger partial charge is 0.274 e. The lowest BCUT2D eigenvalue weighted by Gasteiger charge is -2.21. The summed E-state index contributed by atoms with van der Waals surface area (Å²) >= 11 is 0. The van der Waals surface area contributed by atoms with Gasteiger partial charge in [-0.3, -0.25) is 9.59 Å². The quantitative estimate of drug-likeness (QED) is 0.526. The summed E-state index contributed by atoms with van der Waals surface area (Å²) in [4.78, 5) is 38.2. The van der Waals surface area contributed by atoms with E-state index in [0.717, 1.165) is 17.7 Å². The first kappa shape index (κ1) is 17.4. The number of nitrogens with zero attached hydrogens (tertiary/aromatic N) is 6. The highest BCUT2D eigenvalue weighted by atomic mass is 16.2. The van der Waals surface area contributed by atoms with E-state index in [1.165, 1.54) is 0 Å². The number of hydrogen-bond donors (Lipinski definition) is 0. The second-order valence-corrected chi connectivity index (χ2v) is 7.12. The van der Waals surface area contributed by atoms with E-state index in [4.69, 9.17) is 0 Å². The van der Waals surface area contributed by atoms with Gasteiger partial charge in [-0.1, -0.05) is 12.1 Å². The maximum Gasteiger partial charge on any atom is 0.274 e. The first-order valence-electron chi connectivity index (χ1n) is 9.65. The van der Waals surface area contributed by atoms with Crippen molar-refractivity contribution in [1.82, 2.24) is 28.6 Å². The topological polar surface area (TPSA) is 75.2 Å². The van der Waals surface area contributed by atoms with Crippen LogP contribution in [0.1, 0.15) is 27.4 Å². The summed E-state index contributed by atoms with van der Waals surface area (Å²) in [6, 6.07) is 11.3. The highest BCUT2D eigenvalue weighted by Crippen LogP contribution is 2.13. The summed E-state index contributed by atoms with van der Waals surface area (Å²) in [5.74, 6) is -0.202. The third kappa shape index (κ3) is 3.22. The van der Waals surface area contributed by atoms with E-state index >= 15 is 0 Å². The van der Waals surface area contributed by atoms with Crippen molar-refractivity contribution in [3.63, 3.8) is 0 Å². The molecule has 1 fully saturated rings. The van der Waals surface area contributed by atoms with Gasteiger partial charge >= 0.3 is 0 Å². The number of hydrogen-bond acceptors (Lipinski definition) is 4. The van der Waals surface area contributed by atoms with Crippen LogP contribution in [0.3, 0.4) is 0 Å². The van der Waals surface area contributed by atoms with Gasteiger partial charge in [-0.2, -0.15) is 0 Å². The van der Waals surface area contributed by atoms with Gasteiger partial charge in [0.2, 0.25) is 0 Å². The fraction of sp³-hybridized carbons (Fsp3) is 0.238. The molecule has 4 aromatic rings. The zero-order chi connectivity index (χ0) is 19.8. The summed E-state index contributed by atoms with van der Waals surface area (Å²) in [6.45, 7) is 2.15. The molecule has 0 aromatic carbocycles. The van der Waals surface area contributed by atoms with Crippen LogP contribution in [-0.4, -0.2) is 66.6 Å². The maximum absolute atomic E-state index is 12.9. The molecule has 8 heteroatoms. The second-order valence-electron chi connectivity index (χ2n) is 7.12. The standard InChI is InChI=1S/C21H20N6O2/c28-20(16-14-26-8-3-1-6-18(26)22-16)24-10-5-11-25(13-12-24)21(29)17-15-27-9-4-2-7-19(27)23-17/h1-4,6-9,14-15H,5,10-13H2. The van der Waals surface area contributed by atoms with Crippen molar-refractivity contribution in [3.05, 3.63) is 72.6 Å². The van der Waals surface area contributed by atoms with Crippen molar-refractivity contribution < 1.29 is 9.59 Å². The Morgan fingerprint density at radius 1 is 0.690 bits per heavy atom. The molecular weight excluding hydrogens is 368 g/mol. The van der Waals surface area contributed by atoms with Gasteiger partial charge in [0.15, 0.2) is 0 Å². The van der Waals surface area contributed by atoms with Crippen LogP contribution in [0.2, 0.25) is 0 Å². The maximum atomic E-state index is 12.9. The molecule has 0 aliphatic carbocycles. The predicted octanol–water partition coefficient (Wildman–Crippen LogP) is 1.97. The van der Waals surface area contributed by atoms with Gasteiger partial charge in [0.1, 0.15) is 22.7 Å². The van der Waals surface area contributed by atoms with Crippen LogP contribution in [0.5, 0.6) is 0 Å². The molecule has 5 heterocycles. The van der Waals surface area contributed by atoms with Crippen molar-refractivity contribution in [2.75, 3.05) is 26.2 Å². The zero-order valence-electron chi connectivity index (χ0n) is 15.8. The molecule has 29 heavy (non-hydrogen) atoms. The number of aromatic nitrogens is 4. The Morgan fingerprint density at radius 2 is 1.17 bits per heavy atom. The van der Waals surface area contributed by atoms with Crippen LogP contribution < -0.4 is 0 Å². The predicted molar refractivity (Wildman–Crippen MR) is 107 cm³/mol. The Bertz CT molecular complexity index is 1050. The van der Waals surface area contributed by atoms with Gasteiger partial charge in [0, 0.05) is 51.0 Å². The van der Waals surface area contributed by atoms with E-state index in [1.54, 1.807) is 22.2 Å². The molecule has 8 nitrogen and oxygen atoms in total. The molecule has 0 spiro atoms. The Labute approximate surface area is 167 Å². The fourth-order valence-electron chi connectivity index (χ4n) is 3.72. The molecule has 2 amide bonds. The third-order valence-electron chi connectivity index (χ3n) is 5.24. The SMILES string of the molecule is O=C(c1cn2ccccc2n1)N1CCCN(C(=O)c2cn3ccccc3n2)CC1. The van der Waals surface area contributed by atoms with Gasteiger partial charge in [-0.05, 0) is 30.7 Å². The number of carbonyl (C=O) groups excluding carboxylic acids is 2. The summed E-state index contributed by atoms with van der Waals surface area (Å²) in [6.07, 6.45) is 7.97. The number of imidazole rings is 2. The third-order valence-corrected chi connectivity index (χ3v) is 5.24. The van der Waals surface area contributed by atoms with Gasteiger partial charge in [0.05, 0.1) is 0 Å². The molecule has 0 N–H and O–H groups in total. The summed E-state index contributed by atoms with van der Waals surface area (Å²) in [7, 11) is 0. The lowest BCUT2D eigenvalue weighted by molar-refractivity contribution is 0.0713. The molecule has 4 aromatic heterocycles. The highest BCUT2D eigenvalue weighted by Gasteiger charge is 2.26. The van der Waals surface area contributed by atoms with Crippen molar-refractivity contribution in [2.45, 2.75) is 6.42 Å². The van der Waals surface area contributed by atoms with E-state index in [1.807, 2.05) is 57.6 Å².